The van der Waals surface area contributed by atoms with Gasteiger partial charge in [-0.25, -0.2) is 0 Å². The van der Waals surface area contributed by atoms with Crippen molar-refractivity contribution in [1.82, 2.24) is 14.3 Å². The molecule has 0 aliphatic heterocycles. The molecule has 2 heterocycles. The van der Waals surface area contributed by atoms with Crippen LogP contribution in [0.5, 0.6) is 0 Å². The number of hydrogen-bond acceptors (Lipinski definition) is 2. The molecule has 0 atom stereocenters. The van der Waals surface area contributed by atoms with Crippen LogP contribution in [0.1, 0.15) is 13.3 Å². The fraction of sp³-hybridized carbons (Fsp3) is 0.150. The molecule has 0 aliphatic rings. The number of fused-ring (bicyclic) bond motifs is 1. The molecule has 4 rings (SSSR count). The van der Waals surface area contributed by atoms with Gasteiger partial charge in [0.25, 0.3) is 0 Å². The lowest BCUT2D eigenvalue weighted by Gasteiger charge is -2.05. The first-order valence-electron chi connectivity index (χ1n) is 8.42. The molecule has 26 heavy (non-hydrogen) atoms. The summed E-state index contributed by atoms with van der Waals surface area (Å²) in [6, 6.07) is 16.4. The standard InChI is InChI=1S/C20H17BrClN3S/c1-2-10-24-13-15(12-23-24)25-18-11-14(22)8-9-17(18)19(20(25)21)26-16-6-4-3-5-7-16/h3-9,11-13H,2,10H2,1H3. The molecule has 0 radical (unpaired) electrons. The van der Waals surface area contributed by atoms with E-state index in [-0.39, 0.29) is 0 Å². The number of benzene rings is 2. The minimum Gasteiger partial charge on any atom is -0.300 e. The zero-order valence-electron chi connectivity index (χ0n) is 14.2. The molecule has 132 valence electrons. The minimum atomic E-state index is 0.723. The fourth-order valence-electron chi connectivity index (χ4n) is 2.98. The van der Waals surface area contributed by atoms with Gasteiger partial charge in [-0.05, 0) is 46.6 Å². The van der Waals surface area contributed by atoms with Gasteiger partial charge >= 0.3 is 0 Å². The second-order valence-electron chi connectivity index (χ2n) is 5.99. The Hall–Kier alpha value is -1.69. The van der Waals surface area contributed by atoms with Crippen LogP contribution in [0.4, 0.5) is 0 Å². The van der Waals surface area contributed by atoms with Crippen molar-refractivity contribution in [3.05, 3.63) is 70.6 Å². The third kappa shape index (κ3) is 3.31. The Balaban J connectivity index is 1.89. The van der Waals surface area contributed by atoms with Gasteiger partial charge in [-0.15, -0.1) is 0 Å². The molecule has 0 bridgehead atoms. The predicted octanol–water partition coefficient (Wildman–Crippen LogP) is 6.80. The van der Waals surface area contributed by atoms with Crippen LogP contribution in [0.25, 0.3) is 16.6 Å². The van der Waals surface area contributed by atoms with Gasteiger partial charge in [0.05, 0.1) is 22.3 Å². The fourth-order valence-corrected chi connectivity index (χ4v) is 4.98. The zero-order valence-corrected chi connectivity index (χ0v) is 17.4. The van der Waals surface area contributed by atoms with Crippen molar-refractivity contribution in [2.75, 3.05) is 0 Å². The summed E-state index contributed by atoms with van der Waals surface area (Å²) in [4.78, 5) is 2.37. The first kappa shape index (κ1) is 17.7. The summed E-state index contributed by atoms with van der Waals surface area (Å²) in [6.07, 6.45) is 5.03. The van der Waals surface area contributed by atoms with Crippen molar-refractivity contribution < 1.29 is 0 Å². The Morgan fingerprint density at radius 2 is 1.96 bits per heavy atom. The maximum absolute atomic E-state index is 6.30. The summed E-state index contributed by atoms with van der Waals surface area (Å²) >= 11 is 11.9. The largest absolute Gasteiger partial charge is 0.300 e. The van der Waals surface area contributed by atoms with Crippen molar-refractivity contribution in [2.24, 2.45) is 0 Å². The van der Waals surface area contributed by atoms with Crippen LogP contribution in [-0.4, -0.2) is 14.3 Å². The van der Waals surface area contributed by atoms with Crippen LogP contribution < -0.4 is 0 Å². The van der Waals surface area contributed by atoms with Crippen LogP contribution in [-0.2, 0) is 6.54 Å². The lowest BCUT2D eigenvalue weighted by molar-refractivity contribution is 0.602. The molecular formula is C20H17BrClN3S. The second-order valence-corrected chi connectivity index (χ2v) is 8.26. The van der Waals surface area contributed by atoms with Crippen LogP contribution in [0.2, 0.25) is 5.02 Å². The highest BCUT2D eigenvalue weighted by molar-refractivity contribution is 9.10. The molecule has 0 amide bonds. The number of nitrogens with zero attached hydrogens (tertiary/aromatic N) is 3. The molecule has 0 saturated carbocycles. The number of aryl methyl sites for hydroxylation is 1. The van der Waals surface area contributed by atoms with E-state index in [0.29, 0.717) is 0 Å². The van der Waals surface area contributed by atoms with Crippen molar-refractivity contribution >= 4 is 50.2 Å². The summed E-state index contributed by atoms with van der Waals surface area (Å²) in [7, 11) is 0. The van der Waals surface area contributed by atoms with E-state index in [4.69, 9.17) is 11.6 Å². The van der Waals surface area contributed by atoms with Crippen molar-refractivity contribution in [3.63, 3.8) is 0 Å². The smallest absolute Gasteiger partial charge is 0.105 e. The van der Waals surface area contributed by atoms with Gasteiger partial charge in [-0.2, -0.15) is 5.10 Å². The number of aromatic nitrogens is 3. The van der Waals surface area contributed by atoms with E-state index in [1.54, 1.807) is 11.8 Å². The summed E-state index contributed by atoms with van der Waals surface area (Å²) in [6.45, 7) is 3.06. The molecule has 0 unspecified atom stereocenters. The lowest BCUT2D eigenvalue weighted by Crippen LogP contribution is -1.96. The van der Waals surface area contributed by atoms with Gasteiger partial charge in [-0.3, -0.25) is 9.25 Å². The van der Waals surface area contributed by atoms with Gasteiger partial charge < -0.3 is 0 Å². The average molecular weight is 447 g/mol. The van der Waals surface area contributed by atoms with E-state index in [1.165, 1.54) is 15.2 Å². The van der Waals surface area contributed by atoms with Gasteiger partial charge in [-0.1, -0.05) is 54.6 Å². The predicted molar refractivity (Wildman–Crippen MR) is 113 cm³/mol. The van der Waals surface area contributed by atoms with E-state index in [2.05, 4.69) is 69.0 Å². The molecule has 3 nitrogen and oxygen atoms in total. The highest BCUT2D eigenvalue weighted by atomic mass is 79.9. The first-order valence-corrected chi connectivity index (χ1v) is 10.4. The molecule has 0 spiro atoms. The first-order chi connectivity index (χ1) is 12.7. The van der Waals surface area contributed by atoms with Crippen LogP contribution in [0.15, 0.2) is 75.3 Å². The van der Waals surface area contributed by atoms with Gasteiger partial charge in [0.1, 0.15) is 4.60 Å². The maximum Gasteiger partial charge on any atom is 0.105 e. The van der Waals surface area contributed by atoms with Crippen LogP contribution in [0.3, 0.4) is 0 Å². The summed E-state index contributed by atoms with van der Waals surface area (Å²) in [5.41, 5.74) is 2.09. The number of rotatable bonds is 5. The Bertz CT molecular complexity index is 1060. The molecule has 2 aromatic carbocycles. The third-order valence-electron chi connectivity index (χ3n) is 4.12. The van der Waals surface area contributed by atoms with Crippen molar-refractivity contribution in [3.8, 4) is 5.69 Å². The minimum absolute atomic E-state index is 0.723. The molecule has 6 heteroatoms. The van der Waals surface area contributed by atoms with Gasteiger partial charge in [0, 0.05) is 28.0 Å². The quantitative estimate of drug-likeness (QED) is 0.336. The van der Waals surface area contributed by atoms with E-state index in [1.807, 2.05) is 29.1 Å². The number of halogens is 2. The zero-order chi connectivity index (χ0) is 18.1. The molecule has 0 N–H and O–H groups in total. The Labute approximate surface area is 170 Å². The molecule has 2 aromatic heterocycles. The SMILES string of the molecule is CCCn1cc(-n2c(Br)c(Sc3ccccc3)c3ccc(Cl)cc32)cn1. The Kier molecular flexibility index (Phi) is 5.11. The lowest BCUT2D eigenvalue weighted by atomic mass is 10.2. The molecule has 0 aliphatic carbocycles. The van der Waals surface area contributed by atoms with E-state index in [0.717, 1.165) is 33.8 Å². The maximum atomic E-state index is 6.30. The average Bonchev–Trinajstić information content (AvgIpc) is 3.19. The van der Waals surface area contributed by atoms with Gasteiger partial charge in [0.2, 0.25) is 0 Å². The summed E-state index contributed by atoms with van der Waals surface area (Å²) in [5.74, 6) is 0. The van der Waals surface area contributed by atoms with Crippen molar-refractivity contribution in [1.29, 1.82) is 0 Å². The second kappa shape index (κ2) is 7.51. The van der Waals surface area contributed by atoms with Crippen LogP contribution >= 0.6 is 39.3 Å². The summed E-state index contributed by atoms with van der Waals surface area (Å²) < 4.78 is 5.16. The normalized spacial score (nSPS) is 11.3. The summed E-state index contributed by atoms with van der Waals surface area (Å²) in [5, 5.41) is 6.37. The number of hydrogen-bond donors (Lipinski definition) is 0. The van der Waals surface area contributed by atoms with E-state index < -0.39 is 0 Å². The van der Waals surface area contributed by atoms with Crippen molar-refractivity contribution in [2.45, 2.75) is 29.7 Å². The molecule has 0 fully saturated rings. The molecule has 0 saturated heterocycles. The molecule has 4 aromatic rings. The Morgan fingerprint density at radius 3 is 2.73 bits per heavy atom. The monoisotopic (exact) mass is 445 g/mol. The molecular weight excluding hydrogens is 430 g/mol. The Morgan fingerprint density at radius 1 is 1.15 bits per heavy atom. The van der Waals surface area contributed by atoms with E-state index in [9.17, 15) is 0 Å². The van der Waals surface area contributed by atoms with E-state index >= 15 is 0 Å². The highest BCUT2D eigenvalue weighted by Crippen LogP contribution is 2.43. The van der Waals surface area contributed by atoms with Crippen LogP contribution in [0, 0.1) is 0 Å². The van der Waals surface area contributed by atoms with Gasteiger partial charge in [0.15, 0.2) is 0 Å². The topological polar surface area (TPSA) is 22.8 Å². The third-order valence-corrected chi connectivity index (χ3v) is 6.50. The highest BCUT2D eigenvalue weighted by Gasteiger charge is 2.19.